The van der Waals surface area contributed by atoms with Crippen molar-refractivity contribution >= 4 is 18.2 Å². The number of hydrogen-bond donors (Lipinski definition) is 1. The standard InChI is InChI=1S/C13H21N5.ClH/c1-9(2)18-8-12(11(4)16-18)7-14-13-10(3)6-15-17(13)5;/h6,8-9,14H,7H2,1-5H3;1H. The van der Waals surface area contributed by atoms with E-state index in [1.54, 1.807) is 0 Å². The van der Waals surface area contributed by atoms with Gasteiger partial charge in [0, 0.05) is 37.0 Å². The van der Waals surface area contributed by atoms with Crippen molar-refractivity contribution in [3.05, 3.63) is 29.2 Å². The number of aromatic nitrogens is 4. The zero-order valence-corrected chi connectivity index (χ0v) is 13.0. The van der Waals surface area contributed by atoms with Crippen molar-refractivity contribution in [2.24, 2.45) is 7.05 Å². The predicted octanol–water partition coefficient (Wildman–Crippen LogP) is 2.85. The third-order valence-corrected chi connectivity index (χ3v) is 3.12. The minimum Gasteiger partial charge on any atom is -0.366 e. The van der Waals surface area contributed by atoms with Crippen LogP contribution in [0.5, 0.6) is 0 Å². The Hall–Kier alpha value is -1.49. The van der Waals surface area contributed by atoms with Crippen molar-refractivity contribution in [3.63, 3.8) is 0 Å². The zero-order chi connectivity index (χ0) is 13.3. The van der Waals surface area contributed by atoms with Crippen LogP contribution in [0.3, 0.4) is 0 Å². The Labute approximate surface area is 120 Å². The second-order valence-electron chi connectivity index (χ2n) is 4.97. The molecule has 2 aromatic heterocycles. The number of nitrogens with zero attached hydrogens (tertiary/aromatic N) is 4. The Balaban J connectivity index is 0.00000180. The highest BCUT2D eigenvalue weighted by Crippen LogP contribution is 2.16. The molecular formula is C13H22ClN5. The Kier molecular flexibility index (Phi) is 5.00. The number of anilines is 1. The van der Waals surface area contributed by atoms with Crippen LogP contribution in [0.15, 0.2) is 12.4 Å². The van der Waals surface area contributed by atoms with Crippen LogP contribution in [0, 0.1) is 13.8 Å². The molecule has 0 fully saturated rings. The summed E-state index contributed by atoms with van der Waals surface area (Å²) in [5.74, 6) is 1.06. The molecule has 19 heavy (non-hydrogen) atoms. The van der Waals surface area contributed by atoms with Crippen molar-refractivity contribution in [3.8, 4) is 0 Å². The van der Waals surface area contributed by atoms with Gasteiger partial charge in [-0.05, 0) is 27.7 Å². The van der Waals surface area contributed by atoms with Crippen LogP contribution >= 0.6 is 12.4 Å². The van der Waals surface area contributed by atoms with Crippen molar-refractivity contribution in [2.45, 2.75) is 40.3 Å². The summed E-state index contributed by atoms with van der Waals surface area (Å²) in [6.45, 7) is 9.15. The Morgan fingerprint density at radius 2 is 2.00 bits per heavy atom. The van der Waals surface area contributed by atoms with Crippen molar-refractivity contribution in [1.29, 1.82) is 0 Å². The molecular weight excluding hydrogens is 262 g/mol. The molecule has 0 aliphatic heterocycles. The monoisotopic (exact) mass is 283 g/mol. The summed E-state index contributed by atoms with van der Waals surface area (Å²) < 4.78 is 3.86. The average molecular weight is 284 g/mol. The van der Waals surface area contributed by atoms with Gasteiger partial charge in [-0.25, -0.2) is 0 Å². The first-order chi connectivity index (χ1) is 8.49. The normalized spacial score (nSPS) is 10.6. The summed E-state index contributed by atoms with van der Waals surface area (Å²) >= 11 is 0. The topological polar surface area (TPSA) is 47.7 Å². The van der Waals surface area contributed by atoms with Crippen molar-refractivity contribution in [1.82, 2.24) is 19.6 Å². The quantitative estimate of drug-likeness (QED) is 0.939. The first-order valence-corrected chi connectivity index (χ1v) is 6.26. The number of nitrogens with one attached hydrogen (secondary N) is 1. The van der Waals surface area contributed by atoms with Gasteiger partial charge in [0.05, 0.1) is 11.9 Å². The predicted molar refractivity (Wildman–Crippen MR) is 79.9 cm³/mol. The number of rotatable bonds is 4. The van der Waals surface area contributed by atoms with E-state index in [4.69, 9.17) is 0 Å². The fourth-order valence-electron chi connectivity index (χ4n) is 1.94. The van der Waals surface area contributed by atoms with Gasteiger partial charge in [-0.2, -0.15) is 10.2 Å². The summed E-state index contributed by atoms with van der Waals surface area (Å²) in [5.41, 5.74) is 3.46. The maximum absolute atomic E-state index is 4.51. The SMILES string of the molecule is Cc1cnn(C)c1NCc1cn(C(C)C)nc1C.Cl. The first-order valence-electron chi connectivity index (χ1n) is 6.26. The van der Waals surface area contributed by atoms with Crippen molar-refractivity contribution < 1.29 is 0 Å². The van der Waals surface area contributed by atoms with Crippen LogP contribution in [-0.2, 0) is 13.6 Å². The molecule has 0 bridgehead atoms. The molecule has 0 aliphatic carbocycles. The molecule has 0 saturated heterocycles. The Morgan fingerprint density at radius 1 is 1.32 bits per heavy atom. The largest absolute Gasteiger partial charge is 0.366 e. The van der Waals surface area contributed by atoms with Crippen LogP contribution in [0.2, 0.25) is 0 Å². The fourth-order valence-corrected chi connectivity index (χ4v) is 1.94. The van der Waals surface area contributed by atoms with E-state index < -0.39 is 0 Å². The number of aryl methyl sites for hydroxylation is 3. The molecule has 6 heteroatoms. The lowest BCUT2D eigenvalue weighted by atomic mass is 10.2. The van der Waals surface area contributed by atoms with E-state index in [0.29, 0.717) is 6.04 Å². The third-order valence-electron chi connectivity index (χ3n) is 3.12. The summed E-state index contributed by atoms with van der Waals surface area (Å²) in [7, 11) is 1.94. The minimum absolute atomic E-state index is 0. The lowest BCUT2D eigenvalue weighted by Crippen LogP contribution is -2.06. The summed E-state index contributed by atoms with van der Waals surface area (Å²) in [6, 6.07) is 0.399. The second-order valence-corrected chi connectivity index (χ2v) is 4.97. The molecule has 0 saturated carbocycles. The number of hydrogen-bond acceptors (Lipinski definition) is 3. The van der Waals surface area contributed by atoms with Crippen LogP contribution in [0.1, 0.15) is 36.7 Å². The minimum atomic E-state index is 0. The lowest BCUT2D eigenvalue weighted by molar-refractivity contribution is 0.529. The molecule has 106 valence electrons. The molecule has 2 aromatic rings. The van der Waals surface area contributed by atoms with Crippen LogP contribution in [0.4, 0.5) is 5.82 Å². The fraction of sp³-hybridized carbons (Fsp3) is 0.538. The van der Waals surface area contributed by atoms with Gasteiger partial charge >= 0.3 is 0 Å². The van der Waals surface area contributed by atoms with Gasteiger partial charge in [-0.15, -0.1) is 12.4 Å². The third kappa shape index (κ3) is 3.29. The van der Waals surface area contributed by atoms with Gasteiger partial charge in [-0.1, -0.05) is 0 Å². The van der Waals surface area contributed by atoms with Gasteiger partial charge in [0.1, 0.15) is 5.82 Å². The second kappa shape index (κ2) is 6.10. The molecule has 0 amide bonds. The molecule has 2 rings (SSSR count). The Morgan fingerprint density at radius 3 is 2.47 bits per heavy atom. The Bertz CT molecular complexity index is 522. The highest BCUT2D eigenvalue weighted by molar-refractivity contribution is 5.85. The van der Waals surface area contributed by atoms with Gasteiger partial charge in [0.15, 0.2) is 0 Å². The molecule has 5 nitrogen and oxygen atoms in total. The van der Waals surface area contributed by atoms with Crippen LogP contribution in [-0.4, -0.2) is 19.6 Å². The molecule has 0 radical (unpaired) electrons. The molecule has 0 aromatic carbocycles. The van der Waals surface area contributed by atoms with Crippen LogP contribution in [0.25, 0.3) is 0 Å². The summed E-state index contributed by atoms with van der Waals surface area (Å²) in [6.07, 6.45) is 3.98. The zero-order valence-electron chi connectivity index (χ0n) is 12.1. The molecule has 2 heterocycles. The average Bonchev–Trinajstić information content (AvgIpc) is 2.82. The highest BCUT2D eigenvalue weighted by Gasteiger charge is 2.09. The van der Waals surface area contributed by atoms with Crippen molar-refractivity contribution in [2.75, 3.05) is 5.32 Å². The van der Waals surface area contributed by atoms with Gasteiger partial charge < -0.3 is 5.32 Å². The maximum Gasteiger partial charge on any atom is 0.127 e. The van der Waals surface area contributed by atoms with E-state index in [9.17, 15) is 0 Å². The van der Waals surface area contributed by atoms with Gasteiger partial charge in [0.2, 0.25) is 0 Å². The van der Waals surface area contributed by atoms with E-state index in [1.165, 1.54) is 5.56 Å². The van der Waals surface area contributed by atoms with Gasteiger partial charge in [0.25, 0.3) is 0 Å². The van der Waals surface area contributed by atoms with E-state index >= 15 is 0 Å². The van der Waals surface area contributed by atoms with E-state index in [1.807, 2.05) is 29.5 Å². The van der Waals surface area contributed by atoms with E-state index in [2.05, 4.69) is 42.5 Å². The molecule has 0 atom stereocenters. The smallest absolute Gasteiger partial charge is 0.127 e. The molecule has 0 aliphatic rings. The maximum atomic E-state index is 4.51. The van der Waals surface area contributed by atoms with Gasteiger partial charge in [-0.3, -0.25) is 9.36 Å². The van der Waals surface area contributed by atoms with E-state index in [0.717, 1.165) is 23.6 Å². The lowest BCUT2D eigenvalue weighted by Gasteiger charge is -2.07. The summed E-state index contributed by atoms with van der Waals surface area (Å²) in [4.78, 5) is 0. The number of halogens is 1. The van der Waals surface area contributed by atoms with E-state index in [-0.39, 0.29) is 12.4 Å². The molecule has 1 N–H and O–H groups in total. The highest BCUT2D eigenvalue weighted by atomic mass is 35.5. The molecule has 0 unspecified atom stereocenters. The first kappa shape index (κ1) is 15.6. The molecule has 0 spiro atoms. The van der Waals surface area contributed by atoms with Crippen LogP contribution < -0.4 is 5.32 Å². The summed E-state index contributed by atoms with van der Waals surface area (Å²) in [5, 5.41) is 12.1.